The van der Waals surface area contributed by atoms with Crippen molar-refractivity contribution in [2.45, 2.75) is 58.8 Å². The Morgan fingerprint density at radius 1 is 0.941 bits per heavy atom. The molecular formula is C17H28. The highest BCUT2D eigenvalue weighted by Gasteiger charge is 2.63. The maximum Gasteiger partial charge on any atom is -0.0321 e. The van der Waals surface area contributed by atoms with Gasteiger partial charge in [-0.25, -0.2) is 0 Å². The van der Waals surface area contributed by atoms with Gasteiger partial charge in [0.1, 0.15) is 0 Å². The summed E-state index contributed by atoms with van der Waals surface area (Å²) in [6.07, 6.45) is 10.9. The SMILES string of the molecule is CCCCC1C(C)C2CC1C1C3CCC(C3)C21. The zero-order valence-electron chi connectivity index (χ0n) is 11.6. The van der Waals surface area contributed by atoms with Gasteiger partial charge in [-0.3, -0.25) is 0 Å². The van der Waals surface area contributed by atoms with Gasteiger partial charge in [0, 0.05) is 0 Å². The fourth-order valence-electron chi connectivity index (χ4n) is 6.93. The zero-order valence-corrected chi connectivity index (χ0v) is 11.6. The van der Waals surface area contributed by atoms with Crippen molar-refractivity contribution in [1.82, 2.24) is 0 Å². The molecule has 0 nitrogen and oxygen atoms in total. The number of unbranched alkanes of at least 4 members (excludes halogenated alkanes) is 1. The van der Waals surface area contributed by atoms with Gasteiger partial charge >= 0.3 is 0 Å². The average Bonchev–Trinajstić information content (AvgIpc) is 3.04. The molecule has 4 bridgehead atoms. The molecule has 0 N–H and O–H groups in total. The third-order valence-electron chi connectivity index (χ3n) is 7.37. The maximum atomic E-state index is 2.60. The van der Waals surface area contributed by atoms with Gasteiger partial charge < -0.3 is 0 Å². The predicted octanol–water partition coefficient (Wildman–Crippen LogP) is 4.74. The Kier molecular flexibility index (Phi) is 2.40. The fraction of sp³-hybridized carbons (Fsp3) is 1.00. The summed E-state index contributed by atoms with van der Waals surface area (Å²) < 4.78 is 0. The van der Waals surface area contributed by atoms with Crippen LogP contribution in [0, 0.1) is 47.3 Å². The molecule has 0 radical (unpaired) electrons. The minimum Gasteiger partial charge on any atom is -0.0654 e. The largest absolute Gasteiger partial charge is 0.0654 e. The number of fused-ring (bicyclic) bond motifs is 9. The van der Waals surface area contributed by atoms with Crippen LogP contribution in [0.5, 0.6) is 0 Å². The molecule has 0 saturated heterocycles. The van der Waals surface area contributed by atoms with Gasteiger partial charge in [0.05, 0.1) is 0 Å². The zero-order chi connectivity index (χ0) is 11.6. The molecule has 0 aromatic carbocycles. The summed E-state index contributed by atoms with van der Waals surface area (Å²) in [6.45, 7) is 4.96. The van der Waals surface area contributed by atoms with Crippen LogP contribution >= 0.6 is 0 Å². The van der Waals surface area contributed by atoms with Crippen LogP contribution in [0.3, 0.4) is 0 Å². The molecule has 0 heterocycles. The summed E-state index contributed by atoms with van der Waals surface area (Å²) in [7, 11) is 0. The summed E-state index contributed by atoms with van der Waals surface area (Å²) in [6, 6.07) is 0. The Hall–Kier alpha value is 0. The lowest BCUT2D eigenvalue weighted by molar-refractivity contribution is 0.0586. The van der Waals surface area contributed by atoms with Crippen molar-refractivity contribution < 1.29 is 0 Å². The number of rotatable bonds is 3. The van der Waals surface area contributed by atoms with E-state index in [0.717, 1.165) is 17.8 Å². The predicted molar refractivity (Wildman–Crippen MR) is 71.6 cm³/mol. The second-order valence-electron chi connectivity index (χ2n) is 7.72. The van der Waals surface area contributed by atoms with E-state index in [0.29, 0.717) is 0 Å². The standard InChI is InChI=1S/C17H28/c1-3-4-5-13-10(2)14-9-15(13)17-12-7-6-11(8-12)16(14)17/h10-17H,3-9H2,1-2H3. The summed E-state index contributed by atoms with van der Waals surface area (Å²) >= 11 is 0. The molecule has 96 valence electrons. The van der Waals surface area contributed by atoms with Crippen LogP contribution in [0.25, 0.3) is 0 Å². The lowest BCUT2D eigenvalue weighted by Gasteiger charge is -2.42. The van der Waals surface area contributed by atoms with Crippen molar-refractivity contribution in [2.24, 2.45) is 47.3 Å². The minimum absolute atomic E-state index is 1.08. The van der Waals surface area contributed by atoms with Crippen molar-refractivity contribution in [2.75, 3.05) is 0 Å². The van der Waals surface area contributed by atoms with Crippen LogP contribution in [-0.4, -0.2) is 0 Å². The van der Waals surface area contributed by atoms with Crippen molar-refractivity contribution in [1.29, 1.82) is 0 Å². The van der Waals surface area contributed by atoms with E-state index in [-0.39, 0.29) is 0 Å². The average molecular weight is 232 g/mol. The Morgan fingerprint density at radius 3 is 2.35 bits per heavy atom. The molecule has 0 aromatic rings. The van der Waals surface area contributed by atoms with E-state index in [1.165, 1.54) is 42.4 Å². The van der Waals surface area contributed by atoms with Crippen molar-refractivity contribution in [3.63, 3.8) is 0 Å². The molecule has 0 heteroatoms. The molecule has 4 saturated carbocycles. The van der Waals surface area contributed by atoms with E-state index in [9.17, 15) is 0 Å². The molecule has 4 aliphatic rings. The highest BCUT2D eigenvalue weighted by atomic mass is 14.7. The summed E-state index contributed by atoms with van der Waals surface area (Å²) in [5.74, 6) is 9.28. The lowest BCUT2D eigenvalue weighted by Crippen LogP contribution is -2.37. The Balaban J connectivity index is 1.57. The molecule has 0 spiro atoms. The first-order valence-electron chi connectivity index (χ1n) is 8.31. The lowest BCUT2D eigenvalue weighted by atomic mass is 9.63. The van der Waals surface area contributed by atoms with Gasteiger partial charge in [-0.1, -0.05) is 26.7 Å². The van der Waals surface area contributed by atoms with Crippen molar-refractivity contribution >= 4 is 0 Å². The van der Waals surface area contributed by atoms with Gasteiger partial charge in [-0.15, -0.1) is 0 Å². The Morgan fingerprint density at radius 2 is 1.65 bits per heavy atom. The molecule has 0 aromatic heterocycles. The van der Waals surface area contributed by atoms with E-state index in [4.69, 9.17) is 0 Å². The summed E-state index contributed by atoms with van der Waals surface area (Å²) in [5.41, 5.74) is 0. The first-order valence-corrected chi connectivity index (χ1v) is 8.31. The molecule has 8 atom stereocenters. The fourth-order valence-corrected chi connectivity index (χ4v) is 6.93. The molecule has 0 aliphatic heterocycles. The number of hydrogen-bond donors (Lipinski definition) is 0. The van der Waals surface area contributed by atoms with E-state index in [1.54, 1.807) is 32.1 Å². The van der Waals surface area contributed by atoms with Gasteiger partial charge in [0.2, 0.25) is 0 Å². The number of hydrogen-bond acceptors (Lipinski definition) is 0. The molecule has 8 unspecified atom stereocenters. The Labute approximate surface area is 107 Å². The van der Waals surface area contributed by atoms with E-state index in [2.05, 4.69) is 13.8 Å². The van der Waals surface area contributed by atoms with Gasteiger partial charge in [0.25, 0.3) is 0 Å². The maximum absolute atomic E-state index is 2.60. The molecule has 4 aliphatic carbocycles. The van der Waals surface area contributed by atoms with Crippen LogP contribution in [0.1, 0.15) is 58.8 Å². The summed E-state index contributed by atoms with van der Waals surface area (Å²) in [5, 5.41) is 0. The first kappa shape index (κ1) is 10.9. The first-order chi connectivity index (χ1) is 8.31. The highest BCUT2D eigenvalue weighted by Crippen LogP contribution is 2.70. The molecule has 4 fully saturated rings. The van der Waals surface area contributed by atoms with Crippen LogP contribution in [0.2, 0.25) is 0 Å². The third-order valence-corrected chi connectivity index (χ3v) is 7.37. The second kappa shape index (κ2) is 3.75. The van der Waals surface area contributed by atoms with E-state index < -0.39 is 0 Å². The van der Waals surface area contributed by atoms with Crippen molar-refractivity contribution in [3.05, 3.63) is 0 Å². The van der Waals surface area contributed by atoms with Gasteiger partial charge in [0.15, 0.2) is 0 Å². The van der Waals surface area contributed by atoms with E-state index in [1.807, 2.05) is 0 Å². The van der Waals surface area contributed by atoms with E-state index >= 15 is 0 Å². The Bertz CT molecular complexity index is 307. The molecule has 17 heavy (non-hydrogen) atoms. The minimum atomic E-state index is 1.08. The quantitative estimate of drug-likeness (QED) is 0.616. The molecular weight excluding hydrogens is 204 g/mol. The topological polar surface area (TPSA) is 0 Å². The molecule has 0 amide bonds. The second-order valence-corrected chi connectivity index (χ2v) is 7.72. The molecule has 4 rings (SSSR count). The monoisotopic (exact) mass is 232 g/mol. The summed E-state index contributed by atoms with van der Waals surface area (Å²) in [4.78, 5) is 0. The van der Waals surface area contributed by atoms with Gasteiger partial charge in [-0.05, 0) is 79.4 Å². The van der Waals surface area contributed by atoms with Crippen LogP contribution in [0.4, 0.5) is 0 Å². The van der Waals surface area contributed by atoms with Crippen LogP contribution in [0.15, 0.2) is 0 Å². The van der Waals surface area contributed by atoms with Gasteiger partial charge in [-0.2, -0.15) is 0 Å². The third kappa shape index (κ3) is 1.31. The normalized spacial score (nSPS) is 58.9. The smallest absolute Gasteiger partial charge is 0.0321 e. The van der Waals surface area contributed by atoms with Crippen LogP contribution in [-0.2, 0) is 0 Å². The van der Waals surface area contributed by atoms with Crippen LogP contribution < -0.4 is 0 Å². The van der Waals surface area contributed by atoms with Crippen molar-refractivity contribution in [3.8, 4) is 0 Å². The highest BCUT2D eigenvalue weighted by molar-refractivity contribution is 5.12.